The van der Waals surface area contributed by atoms with Gasteiger partial charge >= 0.3 is 0 Å². The molecule has 2 rings (SSSR count). The first-order chi connectivity index (χ1) is 14.1. The second kappa shape index (κ2) is 10.1. The highest BCUT2D eigenvalue weighted by molar-refractivity contribution is 5.93. The molecule has 0 aromatic carbocycles. The zero-order valence-electron chi connectivity index (χ0n) is 19.1. The van der Waals surface area contributed by atoms with Crippen molar-refractivity contribution < 1.29 is 14.3 Å². The van der Waals surface area contributed by atoms with Gasteiger partial charge in [-0.3, -0.25) is 14.5 Å². The summed E-state index contributed by atoms with van der Waals surface area (Å²) in [5.41, 5.74) is 1.97. The Kier molecular flexibility index (Phi) is 8.04. The van der Waals surface area contributed by atoms with Crippen LogP contribution >= 0.6 is 0 Å². The minimum absolute atomic E-state index is 0.0716. The number of carbonyl (C=O) groups excluding carboxylic acids is 2. The molecular weight excluding hydrogens is 382 g/mol. The molecule has 1 atom stereocenters. The lowest BCUT2D eigenvalue weighted by molar-refractivity contribution is -0.124. The van der Waals surface area contributed by atoms with Crippen LogP contribution in [0.2, 0.25) is 0 Å². The van der Waals surface area contributed by atoms with Crippen LogP contribution in [-0.2, 0) is 20.9 Å². The molecule has 166 valence electrons. The number of rotatable bonds is 8. The van der Waals surface area contributed by atoms with Crippen molar-refractivity contribution in [3.8, 4) is 6.07 Å². The maximum Gasteiger partial charge on any atom is 0.239 e. The van der Waals surface area contributed by atoms with E-state index in [1.54, 1.807) is 4.90 Å². The van der Waals surface area contributed by atoms with E-state index < -0.39 is 0 Å². The van der Waals surface area contributed by atoms with Gasteiger partial charge in [0.1, 0.15) is 11.9 Å². The van der Waals surface area contributed by atoms with Crippen molar-refractivity contribution in [3.05, 3.63) is 16.8 Å². The first-order valence-corrected chi connectivity index (χ1v) is 10.6. The van der Waals surface area contributed by atoms with Crippen LogP contribution in [0.3, 0.4) is 0 Å². The van der Waals surface area contributed by atoms with E-state index in [0.29, 0.717) is 24.5 Å². The summed E-state index contributed by atoms with van der Waals surface area (Å²) >= 11 is 0. The second-order valence-corrected chi connectivity index (χ2v) is 8.94. The van der Waals surface area contributed by atoms with E-state index in [-0.39, 0.29) is 36.5 Å². The number of hydrogen-bond acceptors (Lipinski definition) is 5. The summed E-state index contributed by atoms with van der Waals surface area (Å²) < 4.78 is 7.73. The molecule has 0 aliphatic carbocycles. The maximum atomic E-state index is 12.8. The molecule has 2 heterocycles. The van der Waals surface area contributed by atoms with E-state index in [1.807, 2.05) is 46.1 Å². The van der Waals surface area contributed by atoms with Gasteiger partial charge < -0.3 is 19.9 Å². The molecule has 2 N–H and O–H groups in total. The Morgan fingerprint density at radius 1 is 1.27 bits per heavy atom. The summed E-state index contributed by atoms with van der Waals surface area (Å²) in [7, 11) is 0. The van der Waals surface area contributed by atoms with E-state index in [9.17, 15) is 14.9 Å². The van der Waals surface area contributed by atoms with Crippen LogP contribution in [0.15, 0.2) is 0 Å². The quantitative estimate of drug-likeness (QED) is 0.676. The largest absolute Gasteiger partial charge is 0.376 e. The van der Waals surface area contributed by atoms with Crippen LogP contribution in [0.1, 0.15) is 57.4 Å². The fraction of sp³-hybridized carbons (Fsp3) is 0.682. The van der Waals surface area contributed by atoms with Crippen LogP contribution in [0.4, 0.5) is 5.82 Å². The van der Waals surface area contributed by atoms with E-state index in [0.717, 1.165) is 30.7 Å². The molecule has 1 aromatic rings. The average molecular weight is 418 g/mol. The Morgan fingerprint density at radius 3 is 2.47 bits per heavy atom. The van der Waals surface area contributed by atoms with Crippen LogP contribution < -0.4 is 10.6 Å². The summed E-state index contributed by atoms with van der Waals surface area (Å²) in [6.07, 6.45) is 2.09. The molecule has 1 unspecified atom stereocenters. The smallest absolute Gasteiger partial charge is 0.239 e. The highest BCUT2D eigenvalue weighted by Crippen LogP contribution is 2.28. The number of anilines is 1. The van der Waals surface area contributed by atoms with Crippen molar-refractivity contribution in [2.75, 3.05) is 31.6 Å². The molecule has 0 radical (unpaired) electrons. The summed E-state index contributed by atoms with van der Waals surface area (Å²) in [6.45, 7) is 13.6. The van der Waals surface area contributed by atoms with Gasteiger partial charge in [0.2, 0.25) is 11.8 Å². The van der Waals surface area contributed by atoms with E-state index >= 15 is 0 Å². The molecule has 0 saturated carbocycles. The van der Waals surface area contributed by atoms with Gasteiger partial charge in [0.25, 0.3) is 0 Å². The third-order valence-electron chi connectivity index (χ3n) is 5.31. The number of nitrogens with zero attached hydrogens (tertiary/aromatic N) is 3. The summed E-state index contributed by atoms with van der Waals surface area (Å²) in [4.78, 5) is 26.8. The molecular formula is C22H35N5O3. The van der Waals surface area contributed by atoms with Gasteiger partial charge in [-0.1, -0.05) is 6.92 Å². The number of hydrogen-bond donors (Lipinski definition) is 2. The van der Waals surface area contributed by atoms with Gasteiger partial charge in [0, 0.05) is 17.8 Å². The Labute approximate surface area is 179 Å². The van der Waals surface area contributed by atoms with Gasteiger partial charge in [-0.25, -0.2) is 0 Å². The molecule has 8 heteroatoms. The van der Waals surface area contributed by atoms with Crippen molar-refractivity contribution in [3.63, 3.8) is 0 Å². The predicted octanol–water partition coefficient (Wildman–Crippen LogP) is 2.33. The molecule has 30 heavy (non-hydrogen) atoms. The molecule has 0 bridgehead atoms. The first-order valence-electron chi connectivity index (χ1n) is 10.6. The van der Waals surface area contributed by atoms with E-state index in [1.165, 1.54) is 0 Å². The lowest BCUT2D eigenvalue weighted by Gasteiger charge is -2.24. The van der Waals surface area contributed by atoms with Crippen molar-refractivity contribution in [2.24, 2.45) is 0 Å². The molecule has 1 saturated heterocycles. The highest BCUT2D eigenvalue weighted by Gasteiger charge is 2.25. The Morgan fingerprint density at radius 2 is 1.93 bits per heavy atom. The van der Waals surface area contributed by atoms with Crippen molar-refractivity contribution in [2.45, 2.75) is 72.6 Å². The average Bonchev–Trinajstić information content (AvgIpc) is 3.22. The molecule has 1 aliphatic rings. The van der Waals surface area contributed by atoms with Crippen molar-refractivity contribution >= 4 is 17.6 Å². The number of carbonyl (C=O) groups is 2. The van der Waals surface area contributed by atoms with Crippen molar-refractivity contribution in [1.82, 2.24) is 14.8 Å². The van der Waals surface area contributed by atoms with Gasteiger partial charge in [0.05, 0.1) is 31.3 Å². The lowest BCUT2D eigenvalue weighted by atomic mass is 10.1. The maximum absolute atomic E-state index is 12.8. The number of aromatic nitrogens is 1. The fourth-order valence-electron chi connectivity index (χ4n) is 3.67. The summed E-state index contributed by atoms with van der Waals surface area (Å²) in [6, 6.07) is 2.23. The monoisotopic (exact) mass is 417 g/mol. The standard InChI is InChI=1S/C22H35N5O3/c1-7-26(14-20(29)25-22(4,5)6)13-19(28)24-21-18(11-23)15(2)16(3)27(21)12-17-9-8-10-30-17/h17H,7-10,12-14H2,1-6H3,(H,24,28)(H,25,29). The van der Waals surface area contributed by atoms with Crippen LogP contribution in [-0.4, -0.2) is 59.2 Å². The molecule has 0 spiro atoms. The molecule has 1 fully saturated rings. The van der Waals surface area contributed by atoms with Crippen molar-refractivity contribution in [1.29, 1.82) is 5.26 Å². The zero-order valence-corrected chi connectivity index (χ0v) is 19.1. The molecule has 2 amide bonds. The molecule has 1 aliphatic heterocycles. The van der Waals surface area contributed by atoms with Gasteiger partial charge in [0.15, 0.2) is 0 Å². The predicted molar refractivity (Wildman–Crippen MR) is 116 cm³/mol. The van der Waals surface area contributed by atoms with Gasteiger partial charge in [-0.15, -0.1) is 0 Å². The third kappa shape index (κ3) is 6.31. The second-order valence-electron chi connectivity index (χ2n) is 8.94. The van der Waals surface area contributed by atoms with E-state index in [4.69, 9.17) is 4.74 Å². The van der Waals surface area contributed by atoms with Gasteiger partial charge in [-0.2, -0.15) is 5.26 Å². The van der Waals surface area contributed by atoms with Crippen LogP contribution in [0.25, 0.3) is 0 Å². The Bertz CT molecular complexity index is 810. The third-order valence-corrected chi connectivity index (χ3v) is 5.31. The van der Waals surface area contributed by atoms with E-state index in [2.05, 4.69) is 16.7 Å². The summed E-state index contributed by atoms with van der Waals surface area (Å²) in [5, 5.41) is 15.5. The lowest BCUT2D eigenvalue weighted by Crippen LogP contribution is -2.47. The van der Waals surface area contributed by atoms with Crippen LogP contribution in [0, 0.1) is 25.2 Å². The molecule has 1 aromatic heterocycles. The Balaban J connectivity index is 2.11. The number of nitriles is 1. The SMILES string of the molecule is CCN(CC(=O)Nc1c(C#N)c(C)c(C)n1CC1CCCO1)CC(=O)NC(C)(C)C. The van der Waals surface area contributed by atoms with Gasteiger partial charge in [-0.05, 0) is 59.6 Å². The fourth-order valence-corrected chi connectivity index (χ4v) is 3.67. The first kappa shape index (κ1) is 23.9. The van der Waals surface area contributed by atoms with Crippen LogP contribution in [0.5, 0.6) is 0 Å². The normalized spacial score (nSPS) is 16.5. The number of ether oxygens (including phenoxy) is 1. The minimum atomic E-state index is -0.321. The number of nitrogens with one attached hydrogen (secondary N) is 2. The topological polar surface area (TPSA) is 99.4 Å². The zero-order chi connectivity index (χ0) is 22.5. The number of amides is 2. The molecule has 8 nitrogen and oxygen atoms in total. The Hall–Kier alpha value is -2.37. The number of likely N-dealkylation sites (N-methyl/N-ethyl adjacent to an activating group) is 1. The highest BCUT2D eigenvalue weighted by atomic mass is 16.5. The summed E-state index contributed by atoms with van der Waals surface area (Å²) in [5.74, 6) is 0.148. The minimum Gasteiger partial charge on any atom is -0.376 e.